The molecule has 0 amide bonds. The Morgan fingerprint density at radius 1 is 0.952 bits per heavy atom. The van der Waals surface area contributed by atoms with Crippen molar-refractivity contribution in [2.24, 2.45) is 15.9 Å². The number of hydrogen-bond donors (Lipinski definition) is 1. The van der Waals surface area contributed by atoms with E-state index in [2.05, 4.69) is 6.07 Å². The number of phenolic OH excluding ortho intramolecular Hbond substituents is 1. The molecule has 1 aliphatic carbocycles. The van der Waals surface area contributed by atoms with Gasteiger partial charge in [-0.2, -0.15) is 0 Å². The molecule has 0 saturated heterocycles. The third kappa shape index (κ3) is 1.95. The predicted molar refractivity (Wildman–Crippen MR) is 83.0 cm³/mol. The minimum atomic E-state index is 0.0106. The van der Waals surface area contributed by atoms with Crippen LogP contribution in [0.5, 0.6) is 5.75 Å². The van der Waals surface area contributed by atoms with Crippen molar-refractivity contribution in [2.75, 3.05) is 0 Å². The topological polar surface area (TPSA) is 45.0 Å². The molecule has 0 bridgehead atoms. The van der Waals surface area contributed by atoms with E-state index in [4.69, 9.17) is 9.98 Å². The number of aromatic hydroxyl groups is 1. The van der Waals surface area contributed by atoms with E-state index in [1.165, 1.54) is 32.1 Å². The lowest BCUT2D eigenvalue weighted by atomic mass is 9.87. The summed E-state index contributed by atoms with van der Waals surface area (Å²) >= 11 is 0. The maximum absolute atomic E-state index is 10.5. The molecule has 1 saturated carbocycles. The smallest absolute Gasteiger partial charge is 0.146 e. The molecule has 2 aliphatic rings. The van der Waals surface area contributed by atoms with E-state index in [-0.39, 0.29) is 6.17 Å². The zero-order chi connectivity index (χ0) is 14.4. The summed E-state index contributed by atoms with van der Waals surface area (Å²) in [6.07, 6.45) is 6.34. The van der Waals surface area contributed by atoms with Gasteiger partial charge in [-0.3, -0.25) is 9.98 Å². The molecule has 3 nitrogen and oxygen atoms in total. The fourth-order valence-corrected chi connectivity index (χ4v) is 3.75. The molecule has 108 valence electrons. The van der Waals surface area contributed by atoms with Crippen LogP contribution in [0.25, 0.3) is 10.8 Å². The standard InChI is InChI=1S/C18H20N2O/c1-11-13-9-5-6-10-14(13)15-16(17(11)21)20-18(19-15)12-7-3-2-4-8-12/h5-6,9-10,12,18,21H,2-4,7-8H2,1H3. The minimum absolute atomic E-state index is 0.0106. The Hall–Kier alpha value is -1.90. The quantitative estimate of drug-likeness (QED) is 0.857. The van der Waals surface area contributed by atoms with Crippen LogP contribution < -0.4 is 10.7 Å². The van der Waals surface area contributed by atoms with Crippen molar-refractivity contribution >= 4 is 10.8 Å². The summed E-state index contributed by atoms with van der Waals surface area (Å²) in [5.41, 5.74) is 0.910. The van der Waals surface area contributed by atoms with Gasteiger partial charge in [-0.05, 0) is 25.2 Å². The van der Waals surface area contributed by atoms with E-state index in [0.29, 0.717) is 17.0 Å². The lowest BCUT2D eigenvalue weighted by Gasteiger charge is -2.23. The van der Waals surface area contributed by atoms with E-state index in [1.807, 2.05) is 25.1 Å². The lowest BCUT2D eigenvalue weighted by Crippen LogP contribution is -2.23. The maximum Gasteiger partial charge on any atom is 0.146 e. The van der Waals surface area contributed by atoms with E-state index in [0.717, 1.165) is 21.7 Å². The molecule has 1 unspecified atom stereocenters. The van der Waals surface area contributed by atoms with Crippen molar-refractivity contribution in [3.05, 3.63) is 40.5 Å². The van der Waals surface area contributed by atoms with Gasteiger partial charge in [0.15, 0.2) is 0 Å². The Labute approximate surface area is 124 Å². The van der Waals surface area contributed by atoms with Gasteiger partial charge in [0.25, 0.3) is 0 Å². The van der Waals surface area contributed by atoms with Gasteiger partial charge in [0.2, 0.25) is 0 Å². The maximum atomic E-state index is 10.5. The molecule has 1 heterocycles. The summed E-state index contributed by atoms with van der Waals surface area (Å²) in [7, 11) is 0. The zero-order valence-electron chi connectivity index (χ0n) is 12.3. The van der Waals surface area contributed by atoms with Crippen LogP contribution in [0.4, 0.5) is 0 Å². The number of nitrogens with zero attached hydrogens (tertiary/aromatic N) is 2. The average Bonchev–Trinajstić information content (AvgIpc) is 2.99. The Morgan fingerprint density at radius 3 is 2.38 bits per heavy atom. The van der Waals surface area contributed by atoms with Crippen molar-refractivity contribution in [3.63, 3.8) is 0 Å². The number of rotatable bonds is 1. The molecule has 0 radical (unpaired) electrons. The van der Waals surface area contributed by atoms with Gasteiger partial charge >= 0.3 is 0 Å². The highest BCUT2D eigenvalue weighted by atomic mass is 16.3. The summed E-state index contributed by atoms with van der Waals surface area (Å²) in [6, 6.07) is 8.17. The predicted octanol–water partition coefficient (Wildman–Crippen LogP) is 3.01. The number of fused-ring (bicyclic) bond motifs is 3. The Balaban J connectivity index is 1.93. The summed E-state index contributed by atoms with van der Waals surface area (Å²) in [6.45, 7) is 1.96. The second-order valence-corrected chi connectivity index (χ2v) is 6.29. The molecule has 1 aliphatic heterocycles. The number of phenols is 1. The van der Waals surface area contributed by atoms with Gasteiger partial charge in [0.1, 0.15) is 17.3 Å². The van der Waals surface area contributed by atoms with Crippen molar-refractivity contribution < 1.29 is 5.11 Å². The number of benzene rings is 2. The molecular weight excluding hydrogens is 260 g/mol. The first-order valence-corrected chi connectivity index (χ1v) is 7.91. The van der Waals surface area contributed by atoms with Gasteiger partial charge in [0, 0.05) is 16.9 Å². The van der Waals surface area contributed by atoms with Crippen LogP contribution in [0.1, 0.15) is 37.7 Å². The average molecular weight is 280 g/mol. The molecule has 0 aromatic heterocycles. The largest absolute Gasteiger partial charge is 0.505 e. The molecular formula is C18H20N2O. The van der Waals surface area contributed by atoms with Gasteiger partial charge in [-0.25, -0.2) is 0 Å². The van der Waals surface area contributed by atoms with Crippen molar-refractivity contribution in [2.45, 2.75) is 45.2 Å². The van der Waals surface area contributed by atoms with E-state index < -0.39 is 0 Å². The Kier molecular flexibility index (Phi) is 2.95. The van der Waals surface area contributed by atoms with E-state index in [1.54, 1.807) is 0 Å². The molecule has 21 heavy (non-hydrogen) atoms. The van der Waals surface area contributed by atoms with Crippen molar-refractivity contribution in [1.82, 2.24) is 0 Å². The van der Waals surface area contributed by atoms with Crippen molar-refractivity contribution in [1.29, 1.82) is 0 Å². The first kappa shape index (κ1) is 12.8. The molecule has 4 rings (SSSR count). The highest BCUT2D eigenvalue weighted by Crippen LogP contribution is 2.30. The SMILES string of the molecule is Cc1c(O)c2c(c3ccccc13)=NC(C1CCCCC1)N=2. The third-order valence-corrected chi connectivity index (χ3v) is 4.98. The van der Waals surface area contributed by atoms with Gasteiger partial charge < -0.3 is 5.11 Å². The monoisotopic (exact) mass is 280 g/mol. The van der Waals surface area contributed by atoms with E-state index in [9.17, 15) is 5.11 Å². The highest BCUT2D eigenvalue weighted by Gasteiger charge is 2.26. The number of hydrogen-bond acceptors (Lipinski definition) is 3. The van der Waals surface area contributed by atoms with Crippen LogP contribution in [0.15, 0.2) is 34.3 Å². The molecule has 1 fully saturated rings. The molecule has 2 aromatic carbocycles. The fourth-order valence-electron chi connectivity index (χ4n) is 3.75. The van der Waals surface area contributed by atoms with Crippen LogP contribution in [-0.2, 0) is 0 Å². The van der Waals surface area contributed by atoms with Crippen LogP contribution in [-0.4, -0.2) is 11.3 Å². The third-order valence-electron chi connectivity index (χ3n) is 4.98. The lowest BCUT2D eigenvalue weighted by molar-refractivity contribution is 0.310. The highest BCUT2D eigenvalue weighted by molar-refractivity contribution is 5.87. The Morgan fingerprint density at radius 2 is 1.62 bits per heavy atom. The molecule has 0 spiro atoms. The summed E-state index contributed by atoms with van der Waals surface area (Å²) in [4.78, 5) is 9.65. The molecule has 1 N–H and O–H groups in total. The normalized spacial score (nSPS) is 21.9. The second-order valence-electron chi connectivity index (χ2n) is 6.29. The summed E-state index contributed by atoms with van der Waals surface area (Å²) in [5.74, 6) is 0.857. The Bertz CT molecular complexity index is 819. The zero-order valence-corrected chi connectivity index (χ0v) is 12.3. The number of aryl methyl sites for hydroxylation is 1. The minimum Gasteiger partial charge on any atom is -0.505 e. The first-order valence-electron chi connectivity index (χ1n) is 7.91. The van der Waals surface area contributed by atoms with Gasteiger partial charge in [-0.1, -0.05) is 43.5 Å². The van der Waals surface area contributed by atoms with Gasteiger partial charge in [0.05, 0.1) is 5.36 Å². The van der Waals surface area contributed by atoms with Crippen LogP contribution in [0.2, 0.25) is 0 Å². The van der Waals surface area contributed by atoms with Crippen molar-refractivity contribution in [3.8, 4) is 5.75 Å². The van der Waals surface area contributed by atoms with Gasteiger partial charge in [-0.15, -0.1) is 0 Å². The summed E-state index contributed by atoms with van der Waals surface area (Å²) in [5, 5.41) is 14.3. The second kappa shape index (κ2) is 4.83. The van der Waals surface area contributed by atoms with Crippen LogP contribution in [0, 0.1) is 12.8 Å². The molecule has 1 atom stereocenters. The van der Waals surface area contributed by atoms with Crippen LogP contribution in [0.3, 0.4) is 0 Å². The molecule has 3 heteroatoms. The summed E-state index contributed by atoms with van der Waals surface area (Å²) < 4.78 is 0. The van der Waals surface area contributed by atoms with E-state index >= 15 is 0 Å². The van der Waals surface area contributed by atoms with Crippen LogP contribution >= 0.6 is 0 Å². The molecule has 2 aromatic rings. The first-order chi connectivity index (χ1) is 10.3. The fraction of sp³-hybridized carbons (Fsp3) is 0.444.